The number of nitrogens with zero attached hydrogens (tertiary/aromatic N) is 1. The first-order chi connectivity index (χ1) is 9.53. The molecule has 1 saturated heterocycles. The number of rotatable bonds is 6. The van der Waals surface area contributed by atoms with E-state index < -0.39 is 9.84 Å². The van der Waals surface area contributed by atoms with Gasteiger partial charge >= 0.3 is 0 Å². The fourth-order valence-corrected chi connectivity index (χ4v) is 3.69. The third-order valence-corrected chi connectivity index (χ3v) is 5.12. The van der Waals surface area contributed by atoms with Crippen LogP contribution in [0.3, 0.4) is 0 Å². The van der Waals surface area contributed by atoms with E-state index in [2.05, 4.69) is 34.6 Å². The normalized spacial score (nSPS) is 21.1. The quantitative estimate of drug-likeness (QED) is 0.813. The van der Waals surface area contributed by atoms with E-state index in [4.69, 9.17) is 0 Å². The Morgan fingerprint density at radius 3 is 2.80 bits per heavy atom. The van der Waals surface area contributed by atoms with Gasteiger partial charge in [-0.1, -0.05) is 42.1 Å². The molecule has 0 aliphatic carbocycles. The minimum atomic E-state index is -2.87. The number of nitrogens with one attached hydrogen (secondary N) is 1. The average Bonchev–Trinajstić information content (AvgIpc) is 2.82. The topological polar surface area (TPSA) is 58.5 Å². The zero-order valence-corrected chi connectivity index (χ0v) is 13.2. The van der Waals surface area contributed by atoms with Crippen LogP contribution >= 0.6 is 11.8 Å². The maximum atomic E-state index is 11.0. The Labute approximate surface area is 125 Å². The highest BCUT2D eigenvalue weighted by Gasteiger charge is 2.20. The number of hydrogen-bond acceptors (Lipinski definition) is 4. The molecule has 110 valence electrons. The monoisotopic (exact) mass is 312 g/mol. The number of aliphatic imine (C=N–C) groups is 1. The van der Waals surface area contributed by atoms with Gasteiger partial charge in [0.2, 0.25) is 0 Å². The van der Waals surface area contributed by atoms with Crippen molar-refractivity contribution < 1.29 is 8.42 Å². The summed E-state index contributed by atoms with van der Waals surface area (Å²) in [6, 6.07) is 10.8. The van der Waals surface area contributed by atoms with Crippen molar-refractivity contribution in [3.05, 3.63) is 35.9 Å². The molecule has 1 aromatic rings. The van der Waals surface area contributed by atoms with Gasteiger partial charge in [-0.2, -0.15) is 0 Å². The first-order valence-electron chi connectivity index (χ1n) is 6.68. The molecule has 1 heterocycles. The van der Waals surface area contributed by atoms with Crippen molar-refractivity contribution in [3.63, 3.8) is 0 Å². The van der Waals surface area contributed by atoms with Gasteiger partial charge in [0.15, 0.2) is 5.17 Å². The van der Waals surface area contributed by atoms with Crippen LogP contribution in [0.4, 0.5) is 0 Å². The van der Waals surface area contributed by atoms with Gasteiger partial charge < -0.3 is 5.32 Å². The Hall–Kier alpha value is -1.01. The van der Waals surface area contributed by atoms with Crippen LogP contribution in [0, 0.1) is 0 Å². The zero-order valence-electron chi connectivity index (χ0n) is 11.6. The Morgan fingerprint density at radius 2 is 2.10 bits per heavy atom. The van der Waals surface area contributed by atoms with E-state index in [0.29, 0.717) is 19.0 Å². The van der Waals surface area contributed by atoms with Gasteiger partial charge in [-0.25, -0.2) is 8.42 Å². The first-order valence-corrected chi connectivity index (χ1v) is 9.73. The summed E-state index contributed by atoms with van der Waals surface area (Å²) in [6.07, 6.45) is 2.85. The summed E-state index contributed by atoms with van der Waals surface area (Å²) in [5, 5.41) is 4.34. The van der Waals surface area contributed by atoms with Gasteiger partial charge in [0.25, 0.3) is 0 Å². The summed E-state index contributed by atoms with van der Waals surface area (Å²) in [6.45, 7) is 0.570. The summed E-state index contributed by atoms with van der Waals surface area (Å²) in [5.41, 5.74) is 1.32. The molecule has 1 unspecified atom stereocenters. The van der Waals surface area contributed by atoms with E-state index in [1.807, 2.05) is 6.07 Å². The number of benzene rings is 1. The van der Waals surface area contributed by atoms with Crippen molar-refractivity contribution in [1.29, 1.82) is 0 Å². The van der Waals surface area contributed by atoms with E-state index in [-0.39, 0.29) is 5.75 Å². The maximum absolute atomic E-state index is 11.0. The first kappa shape index (κ1) is 15.4. The molecular formula is C14H20N2O2S2. The molecule has 6 heteroatoms. The minimum Gasteiger partial charge on any atom is -0.361 e. The number of thioether (sulfide) groups is 1. The molecular weight excluding hydrogens is 292 g/mol. The highest BCUT2D eigenvalue weighted by Crippen LogP contribution is 2.17. The summed E-state index contributed by atoms with van der Waals surface area (Å²) in [7, 11) is -2.87. The SMILES string of the molecule is CS(=O)(=O)CCCN=C1NC(Cc2ccccc2)CS1. The summed E-state index contributed by atoms with van der Waals surface area (Å²) >= 11 is 1.72. The van der Waals surface area contributed by atoms with Crippen molar-refractivity contribution in [3.8, 4) is 0 Å². The number of amidine groups is 1. The van der Waals surface area contributed by atoms with E-state index in [1.54, 1.807) is 11.8 Å². The fourth-order valence-electron chi connectivity index (χ4n) is 2.04. The predicted octanol–water partition coefficient (Wildman–Crippen LogP) is 1.72. The summed E-state index contributed by atoms with van der Waals surface area (Å²) in [5.74, 6) is 1.22. The van der Waals surface area contributed by atoms with Crippen LogP contribution in [0.1, 0.15) is 12.0 Å². The lowest BCUT2D eigenvalue weighted by atomic mass is 10.1. The number of sulfone groups is 1. The lowest BCUT2D eigenvalue weighted by molar-refractivity contribution is 0.599. The Morgan fingerprint density at radius 1 is 1.35 bits per heavy atom. The maximum Gasteiger partial charge on any atom is 0.156 e. The van der Waals surface area contributed by atoms with E-state index in [9.17, 15) is 8.42 Å². The summed E-state index contributed by atoms with van der Waals surface area (Å²) < 4.78 is 22.0. The molecule has 0 saturated carbocycles. The smallest absolute Gasteiger partial charge is 0.156 e. The highest BCUT2D eigenvalue weighted by atomic mass is 32.2. The largest absolute Gasteiger partial charge is 0.361 e. The van der Waals surface area contributed by atoms with Crippen molar-refractivity contribution in [2.75, 3.05) is 24.3 Å². The molecule has 1 aliphatic rings. The van der Waals surface area contributed by atoms with Gasteiger partial charge in [0.05, 0.1) is 5.75 Å². The fraction of sp³-hybridized carbons (Fsp3) is 0.500. The van der Waals surface area contributed by atoms with Crippen LogP contribution in [0.15, 0.2) is 35.3 Å². The van der Waals surface area contributed by atoms with Crippen molar-refractivity contribution in [2.24, 2.45) is 4.99 Å². The summed E-state index contributed by atoms with van der Waals surface area (Å²) in [4.78, 5) is 4.42. The van der Waals surface area contributed by atoms with Gasteiger partial charge in [0.1, 0.15) is 9.84 Å². The Balaban J connectivity index is 1.75. The molecule has 2 rings (SSSR count). The van der Waals surface area contributed by atoms with Gasteiger partial charge in [0, 0.05) is 24.6 Å². The predicted molar refractivity (Wildman–Crippen MR) is 86.2 cm³/mol. The molecule has 4 nitrogen and oxygen atoms in total. The van der Waals surface area contributed by atoms with Crippen LogP contribution in [0.2, 0.25) is 0 Å². The van der Waals surface area contributed by atoms with Gasteiger partial charge in [-0.15, -0.1) is 0 Å². The molecule has 1 N–H and O–H groups in total. The molecule has 1 atom stereocenters. The molecule has 20 heavy (non-hydrogen) atoms. The highest BCUT2D eigenvalue weighted by molar-refractivity contribution is 8.14. The Kier molecular flexibility index (Phi) is 5.48. The van der Waals surface area contributed by atoms with E-state index in [1.165, 1.54) is 11.8 Å². The second-order valence-corrected chi connectivity index (χ2v) is 8.28. The lowest BCUT2D eigenvalue weighted by Crippen LogP contribution is -2.29. The standard InChI is InChI=1S/C14H20N2O2S2/c1-20(17,18)9-5-8-15-14-16-13(11-19-14)10-12-6-3-2-4-7-12/h2-4,6-7,13H,5,8-11H2,1H3,(H,15,16). The van der Waals surface area contributed by atoms with Crippen LogP contribution in [0.5, 0.6) is 0 Å². The van der Waals surface area contributed by atoms with Crippen LogP contribution < -0.4 is 5.32 Å². The molecule has 0 aromatic heterocycles. The van der Waals surface area contributed by atoms with Crippen molar-refractivity contribution in [2.45, 2.75) is 18.9 Å². The van der Waals surface area contributed by atoms with Crippen LogP contribution in [0.25, 0.3) is 0 Å². The third kappa shape index (κ3) is 5.54. The second kappa shape index (κ2) is 7.13. The van der Waals surface area contributed by atoms with Gasteiger partial charge in [-0.05, 0) is 18.4 Å². The second-order valence-electron chi connectivity index (χ2n) is 5.01. The van der Waals surface area contributed by atoms with Crippen LogP contribution in [-0.2, 0) is 16.3 Å². The molecule has 1 aliphatic heterocycles. The van der Waals surface area contributed by atoms with Crippen molar-refractivity contribution in [1.82, 2.24) is 5.32 Å². The molecule has 0 spiro atoms. The molecule has 0 radical (unpaired) electrons. The minimum absolute atomic E-state index is 0.210. The Bertz CT molecular complexity index is 556. The van der Waals surface area contributed by atoms with Crippen LogP contribution in [-0.4, -0.2) is 43.9 Å². The molecule has 1 aromatic carbocycles. The molecule has 0 bridgehead atoms. The molecule has 0 amide bonds. The third-order valence-electron chi connectivity index (χ3n) is 3.00. The van der Waals surface area contributed by atoms with E-state index >= 15 is 0 Å². The average molecular weight is 312 g/mol. The number of hydrogen-bond donors (Lipinski definition) is 1. The lowest BCUT2D eigenvalue weighted by Gasteiger charge is -2.09. The van der Waals surface area contributed by atoms with Gasteiger partial charge in [-0.3, -0.25) is 4.99 Å². The van der Waals surface area contributed by atoms with Crippen molar-refractivity contribution >= 4 is 26.8 Å². The van der Waals surface area contributed by atoms with E-state index in [0.717, 1.165) is 17.3 Å². The molecule has 1 fully saturated rings. The zero-order chi connectivity index (χ0) is 14.4.